The minimum Gasteiger partial charge on any atom is -0.491 e. The van der Waals surface area contributed by atoms with Crippen molar-refractivity contribution in [3.63, 3.8) is 0 Å². The van der Waals surface area contributed by atoms with Crippen molar-refractivity contribution in [3.8, 4) is 5.75 Å². The summed E-state index contributed by atoms with van der Waals surface area (Å²) in [7, 11) is 0. The van der Waals surface area contributed by atoms with Gasteiger partial charge < -0.3 is 4.74 Å². The van der Waals surface area contributed by atoms with Crippen LogP contribution in [-0.4, -0.2) is 6.10 Å². The average Bonchev–Trinajstić information content (AvgIpc) is 2.28. The van der Waals surface area contributed by atoms with E-state index in [4.69, 9.17) is 4.74 Å². The van der Waals surface area contributed by atoms with E-state index in [0.717, 1.165) is 5.75 Å². The molecule has 0 radical (unpaired) electrons. The Morgan fingerprint density at radius 1 is 1.18 bits per heavy atom. The lowest BCUT2D eigenvalue weighted by Crippen LogP contribution is -2.09. The molecule has 0 aliphatic carbocycles. The zero-order valence-corrected chi connectivity index (χ0v) is 11.9. The van der Waals surface area contributed by atoms with Gasteiger partial charge in [-0.25, -0.2) is 0 Å². The minimum atomic E-state index is 0.246. The first-order valence-corrected chi connectivity index (χ1v) is 6.85. The first kappa shape index (κ1) is 14.1. The Labute approximate surface area is 106 Å². The molecule has 1 heteroatoms. The number of ether oxygens (including phenoxy) is 1. The van der Waals surface area contributed by atoms with Crippen LogP contribution in [0.3, 0.4) is 0 Å². The lowest BCUT2D eigenvalue weighted by Gasteiger charge is -2.21. The molecule has 0 saturated carbocycles. The van der Waals surface area contributed by atoms with Crippen LogP contribution in [0.2, 0.25) is 0 Å². The Morgan fingerprint density at radius 3 is 2.41 bits per heavy atom. The van der Waals surface area contributed by atoms with E-state index < -0.39 is 0 Å². The smallest absolute Gasteiger partial charge is 0.123 e. The quantitative estimate of drug-likeness (QED) is 0.667. The molecule has 17 heavy (non-hydrogen) atoms. The van der Waals surface area contributed by atoms with Crippen molar-refractivity contribution in [1.29, 1.82) is 0 Å². The maximum atomic E-state index is 5.93. The standard InChI is InChI=1S/C16H26O/c1-6-8-14(7-2)15-11-13(5)9-10-16(15)17-12(3)4/h9-12,14H,6-8H2,1-5H3. The van der Waals surface area contributed by atoms with Gasteiger partial charge in [0.1, 0.15) is 5.75 Å². The molecular formula is C16H26O. The predicted molar refractivity (Wildman–Crippen MR) is 74.9 cm³/mol. The molecule has 0 heterocycles. The first-order valence-electron chi connectivity index (χ1n) is 6.85. The van der Waals surface area contributed by atoms with Crippen molar-refractivity contribution < 1.29 is 4.74 Å². The molecule has 0 aliphatic heterocycles. The Balaban J connectivity index is 3.03. The van der Waals surface area contributed by atoms with Crippen LogP contribution in [0, 0.1) is 6.92 Å². The maximum Gasteiger partial charge on any atom is 0.123 e. The molecule has 1 atom stereocenters. The highest BCUT2D eigenvalue weighted by atomic mass is 16.5. The molecule has 0 aromatic heterocycles. The number of hydrogen-bond acceptors (Lipinski definition) is 1. The van der Waals surface area contributed by atoms with Gasteiger partial charge in [-0.15, -0.1) is 0 Å². The molecule has 0 saturated heterocycles. The largest absolute Gasteiger partial charge is 0.491 e. The normalized spacial score (nSPS) is 12.8. The topological polar surface area (TPSA) is 9.23 Å². The van der Waals surface area contributed by atoms with E-state index in [2.05, 4.69) is 52.8 Å². The molecule has 0 bridgehead atoms. The van der Waals surface area contributed by atoms with Gasteiger partial charge in [-0.3, -0.25) is 0 Å². The van der Waals surface area contributed by atoms with Gasteiger partial charge in [0.2, 0.25) is 0 Å². The van der Waals surface area contributed by atoms with Crippen molar-refractivity contribution >= 4 is 0 Å². The van der Waals surface area contributed by atoms with Crippen molar-refractivity contribution in [3.05, 3.63) is 29.3 Å². The van der Waals surface area contributed by atoms with Crippen LogP contribution in [0.5, 0.6) is 5.75 Å². The molecule has 1 aromatic carbocycles. The molecule has 0 amide bonds. The third kappa shape index (κ3) is 4.07. The van der Waals surface area contributed by atoms with E-state index in [1.165, 1.54) is 30.4 Å². The zero-order valence-electron chi connectivity index (χ0n) is 11.9. The van der Waals surface area contributed by atoms with E-state index in [9.17, 15) is 0 Å². The molecular weight excluding hydrogens is 208 g/mol. The van der Waals surface area contributed by atoms with Crippen molar-refractivity contribution in [2.24, 2.45) is 0 Å². The fourth-order valence-corrected chi connectivity index (χ4v) is 2.28. The van der Waals surface area contributed by atoms with Gasteiger partial charge in [-0.2, -0.15) is 0 Å². The summed E-state index contributed by atoms with van der Waals surface area (Å²) in [6.45, 7) is 10.8. The number of hydrogen-bond donors (Lipinski definition) is 0. The monoisotopic (exact) mass is 234 g/mol. The highest BCUT2D eigenvalue weighted by Crippen LogP contribution is 2.33. The van der Waals surface area contributed by atoms with E-state index in [-0.39, 0.29) is 6.10 Å². The summed E-state index contributed by atoms with van der Waals surface area (Å²) in [5.74, 6) is 1.71. The van der Waals surface area contributed by atoms with Crippen molar-refractivity contribution in [2.45, 2.75) is 65.9 Å². The fraction of sp³-hybridized carbons (Fsp3) is 0.625. The number of rotatable bonds is 6. The summed E-state index contributed by atoms with van der Waals surface area (Å²) < 4.78 is 5.93. The Morgan fingerprint density at radius 2 is 1.88 bits per heavy atom. The van der Waals surface area contributed by atoms with Gasteiger partial charge in [-0.1, -0.05) is 38.0 Å². The molecule has 96 valence electrons. The Bertz CT molecular complexity index is 341. The number of aryl methyl sites for hydroxylation is 1. The van der Waals surface area contributed by atoms with Gasteiger partial charge in [0, 0.05) is 0 Å². The highest BCUT2D eigenvalue weighted by molar-refractivity contribution is 5.39. The Hall–Kier alpha value is -0.980. The predicted octanol–water partition coefficient (Wildman–Crippen LogP) is 5.08. The maximum absolute atomic E-state index is 5.93. The van der Waals surface area contributed by atoms with Crippen LogP contribution in [0.25, 0.3) is 0 Å². The lowest BCUT2D eigenvalue weighted by molar-refractivity contribution is 0.238. The van der Waals surface area contributed by atoms with Crippen LogP contribution >= 0.6 is 0 Å². The highest BCUT2D eigenvalue weighted by Gasteiger charge is 2.15. The van der Waals surface area contributed by atoms with Crippen LogP contribution in [0.15, 0.2) is 18.2 Å². The van der Waals surface area contributed by atoms with Gasteiger partial charge in [0.25, 0.3) is 0 Å². The molecule has 1 unspecified atom stereocenters. The third-order valence-corrected chi connectivity index (χ3v) is 3.10. The lowest BCUT2D eigenvalue weighted by atomic mass is 9.90. The molecule has 1 aromatic rings. The van der Waals surface area contributed by atoms with Gasteiger partial charge >= 0.3 is 0 Å². The van der Waals surface area contributed by atoms with E-state index in [1.807, 2.05) is 0 Å². The van der Waals surface area contributed by atoms with Crippen molar-refractivity contribution in [2.75, 3.05) is 0 Å². The molecule has 0 fully saturated rings. The summed E-state index contributed by atoms with van der Waals surface area (Å²) >= 11 is 0. The van der Waals surface area contributed by atoms with Crippen LogP contribution < -0.4 is 4.74 Å². The summed E-state index contributed by atoms with van der Waals surface area (Å²) in [5.41, 5.74) is 2.72. The summed E-state index contributed by atoms with van der Waals surface area (Å²) in [6.07, 6.45) is 3.91. The van der Waals surface area contributed by atoms with Crippen LogP contribution in [0.4, 0.5) is 0 Å². The average molecular weight is 234 g/mol. The molecule has 0 aliphatic rings. The Kier molecular flexibility index (Phi) is 5.54. The molecule has 1 nitrogen and oxygen atoms in total. The molecule has 0 spiro atoms. The van der Waals surface area contributed by atoms with E-state index in [1.54, 1.807) is 0 Å². The summed E-state index contributed by atoms with van der Waals surface area (Å²) in [4.78, 5) is 0. The third-order valence-electron chi connectivity index (χ3n) is 3.10. The van der Waals surface area contributed by atoms with Crippen LogP contribution in [0.1, 0.15) is 64.0 Å². The van der Waals surface area contributed by atoms with Gasteiger partial charge in [-0.05, 0) is 51.2 Å². The molecule has 0 N–H and O–H groups in total. The second kappa shape index (κ2) is 6.68. The van der Waals surface area contributed by atoms with Crippen LogP contribution in [-0.2, 0) is 0 Å². The second-order valence-electron chi connectivity index (χ2n) is 5.10. The van der Waals surface area contributed by atoms with Gasteiger partial charge in [0.05, 0.1) is 6.10 Å². The fourth-order valence-electron chi connectivity index (χ4n) is 2.28. The minimum absolute atomic E-state index is 0.246. The van der Waals surface area contributed by atoms with Crippen molar-refractivity contribution in [1.82, 2.24) is 0 Å². The van der Waals surface area contributed by atoms with E-state index in [0.29, 0.717) is 5.92 Å². The molecule has 1 rings (SSSR count). The van der Waals surface area contributed by atoms with E-state index >= 15 is 0 Å². The zero-order chi connectivity index (χ0) is 12.8. The SMILES string of the molecule is CCCC(CC)c1cc(C)ccc1OC(C)C. The summed E-state index contributed by atoms with van der Waals surface area (Å²) in [5, 5.41) is 0. The first-order chi connectivity index (χ1) is 8.08. The second-order valence-corrected chi connectivity index (χ2v) is 5.10. The van der Waals surface area contributed by atoms with Gasteiger partial charge in [0.15, 0.2) is 0 Å². The summed E-state index contributed by atoms with van der Waals surface area (Å²) in [6, 6.07) is 6.56. The number of benzene rings is 1.